The van der Waals surface area contributed by atoms with Gasteiger partial charge >= 0.3 is 0 Å². The van der Waals surface area contributed by atoms with Gasteiger partial charge in [0, 0.05) is 30.5 Å². The van der Waals surface area contributed by atoms with Gasteiger partial charge in [0.2, 0.25) is 5.91 Å². The average Bonchev–Trinajstić information content (AvgIpc) is 2.72. The molecule has 1 atom stereocenters. The minimum atomic E-state index is -0.167. The van der Waals surface area contributed by atoms with Gasteiger partial charge in [-0.2, -0.15) is 0 Å². The molecule has 78 valence electrons. The van der Waals surface area contributed by atoms with Crippen LogP contribution in [0.25, 0.3) is 0 Å². The van der Waals surface area contributed by atoms with Gasteiger partial charge in [-0.3, -0.25) is 4.79 Å². The van der Waals surface area contributed by atoms with Crippen molar-refractivity contribution in [1.29, 1.82) is 0 Å². The van der Waals surface area contributed by atoms with Gasteiger partial charge in [-0.05, 0) is 6.92 Å². The van der Waals surface area contributed by atoms with Crippen LogP contribution in [0.15, 0.2) is 17.3 Å². The normalized spacial score (nSPS) is 28.8. The first kappa shape index (κ1) is 9.09. The van der Waals surface area contributed by atoms with Crippen LogP contribution in [0, 0.1) is 0 Å². The van der Waals surface area contributed by atoms with Crippen molar-refractivity contribution in [3.8, 4) is 0 Å². The molecule has 0 N–H and O–H groups in total. The van der Waals surface area contributed by atoms with E-state index in [-0.39, 0.29) is 11.3 Å². The highest BCUT2D eigenvalue weighted by Crippen LogP contribution is 2.46. The van der Waals surface area contributed by atoms with Gasteiger partial charge in [-0.15, -0.1) is 11.3 Å². The van der Waals surface area contributed by atoms with E-state index in [1.165, 1.54) is 4.88 Å². The molecule has 0 radical (unpaired) electrons. The highest BCUT2D eigenvalue weighted by molar-refractivity contribution is 7.09. The first-order chi connectivity index (χ1) is 7.13. The third-order valence-electron chi connectivity index (χ3n) is 3.45. The van der Waals surface area contributed by atoms with E-state index in [2.05, 4.69) is 18.0 Å². The van der Waals surface area contributed by atoms with Gasteiger partial charge < -0.3 is 4.90 Å². The maximum absolute atomic E-state index is 11.7. The lowest BCUT2D eigenvalue weighted by molar-refractivity contribution is -0.125. The molecule has 3 nitrogen and oxygen atoms in total. The number of fused-ring (bicyclic) bond motifs is 3. The summed E-state index contributed by atoms with van der Waals surface area (Å²) < 4.78 is 0. The summed E-state index contributed by atoms with van der Waals surface area (Å²) in [6.45, 7) is 2.12. The Morgan fingerprint density at radius 3 is 3.20 bits per heavy atom. The molecule has 4 heteroatoms. The molecular formula is C11H12N2OS. The Morgan fingerprint density at radius 1 is 1.60 bits per heavy atom. The number of carbonyl (C=O) groups excluding carboxylic acids is 1. The zero-order chi connectivity index (χ0) is 10.6. The molecule has 2 heterocycles. The minimum Gasteiger partial charge on any atom is -0.319 e. The third-order valence-corrected chi connectivity index (χ3v) is 4.31. The fourth-order valence-corrected chi connectivity index (χ4v) is 3.49. The predicted molar refractivity (Wildman–Crippen MR) is 58.6 cm³/mol. The number of carbonyl (C=O) groups is 1. The molecule has 1 aliphatic heterocycles. The van der Waals surface area contributed by atoms with Crippen molar-refractivity contribution >= 4 is 17.2 Å². The van der Waals surface area contributed by atoms with E-state index >= 15 is 0 Å². The minimum absolute atomic E-state index is 0.167. The molecule has 3 rings (SSSR count). The van der Waals surface area contributed by atoms with Gasteiger partial charge in [0.15, 0.2) is 0 Å². The van der Waals surface area contributed by atoms with Gasteiger partial charge in [0.1, 0.15) is 0 Å². The van der Waals surface area contributed by atoms with Crippen LogP contribution in [-0.4, -0.2) is 22.8 Å². The first-order valence-electron chi connectivity index (χ1n) is 5.03. The number of likely N-dealkylation sites (tertiary alicyclic amines) is 1. The molecule has 15 heavy (non-hydrogen) atoms. The lowest BCUT2D eigenvalue weighted by Gasteiger charge is -2.29. The van der Waals surface area contributed by atoms with E-state index in [4.69, 9.17) is 0 Å². The first-order valence-corrected chi connectivity index (χ1v) is 5.91. The van der Waals surface area contributed by atoms with E-state index in [1.807, 2.05) is 12.6 Å². The fraction of sp³-hybridized carbons (Fsp3) is 0.455. The van der Waals surface area contributed by atoms with Gasteiger partial charge in [-0.25, -0.2) is 4.98 Å². The van der Waals surface area contributed by atoms with Crippen molar-refractivity contribution in [2.24, 2.45) is 0 Å². The van der Waals surface area contributed by atoms with Crippen LogP contribution >= 0.6 is 11.3 Å². The number of nitrogens with zero attached hydrogens (tertiary/aromatic N) is 2. The molecule has 1 fully saturated rings. The number of hydrogen-bond donors (Lipinski definition) is 0. The highest BCUT2D eigenvalue weighted by Gasteiger charge is 2.47. The number of thiazole rings is 1. The standard InChI is InChI=1S/C11H12N2OS/c1-11-5-9(14)13(2)8(11)4-3-7-10(11)12-6-15-7/h4,6H,3,5H2,1-2H3. The number of rotatable bonds is 0. The van der Waals surface area contributed by atoms with E-state index < -0.39 is 0 Å². The summed E-state index contributed by atoms with van der Waals surface area (Å²) in [7, 11) is 1.86. The fourth-order valence-electron chi connectivity index (χ4n) is 2.64. The number of likely N-dealkylation sites (N-methyl/N-ethyl adjacent to an activating group) is 1. The van der Waals surface area contributed by atoms with Crippen LogP contribution in [-0.2, 0) is 16.6 Å². The van der Waals surface area contributed by atoms with E-state index in [0.717, 1.165) is 17.8 Å². The SMILES string of the molecule is CN1C(=O)CC2(C)C1=CCc1scnc12. The lowest BCUT2D eigenvalue weighted by Crippen LogP contribution is -2.28. The summed E-state index contributed by atoms with van der Waals surface area (Å²) in [5, 5.41) is 0. The quantitative estimate of drug-likeness (QED) is 0.666. The second-order valence-corrected chi connectivity index (χ2v) is 5.32. The summed E-state index contributed by atoms with van der Waals surface area (Å²) in [6, 6.07) is 0. The number of amides is 1. The Morgan fingerprint density at radius 2 is 2.40 bits per heavy atom. The Balaban J connectivity index is 2.20. The Bertz CT molecular complexity index is 477. The van der Waals surface area contributed by atoms with E-state index in [0.29, 0.717) is 6.42 Å². The van der Waals surface area contributed by atoms with Crippen LogP contribution in [0.1, 0.15) is 23.9 Å². The van der Waals surface area contributed by atoms with Crippen molar-refractivity contribution in [3.05, 3.63) is 27.9 Å². The monoisotopic (exact) mass is 220 g/mol. The second kappa shape index (κ2) is 2.70. The molecule has 0 saturated carbocycles. The molecule has 1 aromatic rings. The van der Waals surface area contributed by atoms with Crippen LogP contribution in [0.2, 0.25) is 0 Å². The molecular weight excluding hydrogens is 208 g/mol. The smallest absolute Gasteiger partial charge is 0.227 e. The second-order valence-electron chi connectivity index (χ2n) is 4.38. The maximum Gasteiger partial charge on any atom is 0.227 e. The zero-order valence-electron chi connectivity index (χ0n) is 8.78. The average molecular weight is 220 g/mol. The summed E-state index contributed by atoms with van der Waals surface area (Å²) in [5.74, 6) is 0.199. The maximum atomic E-state index is 11.7. The Kier molecular flexibility index (Phi) is 1.63. The summed E-state index contributed by atoms with van der Waals surface area (Å²) >= 11 is 1.69. The molecule has 1 aliphatic carbocycles. The summed E-state index contributed by atoms with van der Waals surface area (Å²) in [5.41, 5.74) is 3.96. The molecule has 0 bridgehead atoms. The van der Waals surface area contributed by atoms with Crippen LogP contribution in [0.3, 0.4) is 0 Å². The zero-order valence-corrected chi connectivity index (χ0v) is 9.60. The largest absolute Gasteiger partial charge is 0.319 e. The van der Waals surface area contributed by atoms with Crippen LogP contribution in [0.5, 0.6) is 0 Å². The molecule has 0 aromatic carbocycles. The molecule has 1 unspecified atom stereocenters. The van der Waals surface area contributed by atoms with Crippen molar-refractivity contribution in [3.63, 3.8) is 0 Å². The number of allylic oxidation sites excluding steroid dienone is 2. The van der Waals surface area contributed by atoms with Gasteiger partial charge in [0.05, 0.1) is 16.6 Å². The van der Waals surface area contributed by atoms with Crippen molar-refractivity contribution in [1.82, 2.24) is 9.88 Å². The van der Waals surface area contributed by atoms with Crippen LogP contribution < -0.4 is 0 Å². The predicted octanol–water partition coefficient (Wildman–Crippen LogP) is 1.70. The van der Waals surface area contributed by atoms with Crippen molar-refractivity contribution in [2.75, 3.05) is 7.05 Å². The van der Waals surface area contributed by atoms with Crippen molar-refractivity contribution in [2.45, 2.75) is 25.2 Å². The van der Waals surface area contributed by atoms with Gasteiger partial charge in [-0.1, -0.05) is 6.08 Å². The number of hydrogen-bond acceptors (Lipinski definition) is 3. The topological polar surface area (TPSA) is 33.2 Å². The van der Waals surface area contributed by atoms with Gasteiger partial charge in [0.25, 0.3) is 0 Å². The molecule has 1 aromatic heterocycles. The summed E-state index contributed by atoms with van der Waals surface area (Å²) in [6.07, 6.45) is 3.65. The molecule has 2 aliphatic rings. The highest BCUT2D eigenvalue weighted by atomic mass is 32.1. The molecule has 0 spiro atoms. The lowest BCUT2D eigenvalue weighted by atomic mass is 9.78. The van der Waals surface area contributed by atoms with E-state index in [1.54, 1.807) is 16.2 Å². The Labute approximate surface area is 92.4 Å². The number of aromatic nitrogens is 1. The summed E-state index contributed by atoms with van der Waals surface area (Å²) in [4.78, 5) is 19.3. The van der Waals surface area contributed by atoms with Crippen molar-refractivity contribution < 1.29 is 4.79 Å². The molecule has 1 amide bonds. The Hall–Kier alpha value is -1.16. The molecule has 1 saturated heterocycles. The van der Waals surface area contributed by atoms with E-state index in [9.17, 15) is 4.79 Å². The third kappa shape index (κ3) is 1.00. The van der Waals surface area contributed by atoms with Crippen LogP contribution in [0.4, 0.5) is 0 Å².